The van der Waals surface area contributed by atoms with Gasteiger partial charge in [0.2, 0.25) is 0 Å². The maximum Gasteiger partial charge on any atom is 0.396 e. The van der Waals surface area contributed by atoms with Crippen molar-refractivity contribution in [3.05, 3.63) is 12.3 Å². The molecule has 9 nitrogen and oxygen atoms in total. The molecular weight excluding hydrogens is 344 g/mol. The van der Waals surface area contributed by atoms with Crippen molar-refractivity contribution in [2.24, 2.45) is 5.92 Å². The number of pyridine rings is 1. The highest BCUT2D eigenvalue weighted by Gasteiger charge is 2.28. The van der Waals surface area contributed by atoms with E-state index in [-0.39, 0.29) is 29.6 Å². The number of hydrogen-bond donors (Lipinski definition) is 1. The fraction of sp³-hybridized carbons (Fsp3) is 0.529. The van der Waals surface area contributed by atoms with Gasteiger partial charge in [0.05, 0.1) is 39.1 Å². The number of amides is 1. The number of nitrogens with one attached hydrogen (secondary N) is 1. The third-order valence-electron chi connectivity index (χ3n) is 4.15. The highest BCUT2D eigenvalue weighted by atomic mass is 16.5. The number of carbonyl (C=O) groups is 3. The largest absolute Gasteiger partial charge is 0.491 e. The number of anilines is 1. The van der Waals surface area contributed by atoms with Gasteiger partial charge in [-0.2, -0.15) is 0 Å². The molecule has 0 aromatic carbocycles. The van der Waals surface area contributed by atoms with E-state index >= 15 is 0 Å². The molecule has 0 aliphatic heterocycles. The van der Waals surface area contributed by atoms with Gasteiger partial charge in [-0.25, -0.2) is 9.78 Å². The van der Waals surface area contributed by atoms with Crippen LogP contribution in [0.15, 0.2) is 12.3 Å². The summed E-state index contributed by atoms with van der Waals surface area (Å²) < 4.78 is 20.2. The lowest BCUT2D eigenvalue weighted by Crippen LogP contribution is -2.29. The van der Waals surface area contributed by atoms with Crippen LogP contribution in [0.5, 0.6) is 11.6 Å². The number of hydrogen-bond acceptors (Lipinski definition) is 8. The van der Waals surface area contributed by atoms with Crippen LogP contribution >= 0.6 is 0 Å². The molecule has 2 rings (SSSR count). The first-order valence-corrected chi connectivity index (χ1v) is 8.16. The maximum absolute atomic E-state index is 11.6. The van der Waals surface area contributed by atoms with E-state index in [0.717, 1.165) is 7.11 Å². The summed E-state index contributed by atoms with van der Waals surface area (Å²) in [5.41, 5.74) is 0.277. The lowest BCUT2D eigenvalue weighted by Gasteiger charge is -2.27. The highest BCUT2D eigenvalue weighted by molar-refractivity contribution is 6.37. The first kappa shape index (κ1) is 19.5. The number of carbonyl (C=O) groups excluding carboxylic acids is 3. The van der Waals surface area contributed by atoms with Crippen molar-refractivity contribution < 1.29 is 33.3 Å². The van der Waals surface area contributed by atoms with Gasteiger partial charge >= 0.3 is 17.8 Å². The second-order valence-corrected chi connectivity index (χ2v) is 5.79. The van der Waals surface area contributed by atoms with Crippen LogP contribution in [0.4, 0.5) is 5.69 Å². The molecule has 1 N–H and O–H groups in total. The third kappa shape index (κ3) is 4.84. The lowest BCUT2D eigenvalue weighted by molar-refractivity contribution is -0.150. The first-order chi connectivity index (χ1) is 12.5. The lowest BCUT2D eigenvalue weighted by atomic mass is 9.87. The molecule has 1 amide bonds. The van der Waals surface area contributed by atoms with Gasteiger partial charge in [0.15, 0.2) is 5.75 Å². The van der Waals surface area contributed by atoms with E-state index in [2.05, 4.69) is 15.0 Å². The number of esters is 2. The molecule has 26 heavy (non-hydrogen) atoms. The van der Waals surface area contributed by atoms with Crippen LogP contribution in [-0.4, -0.2) is 50.3 Å². The fourth-order valence-corrected chi connectivity index (χ4v) is 2.75. The topological polar surface area (TPSA) is 113 Å². The summed E-state index contributed by atoms with van der Waals surface area (Å²) in [7, 11) is 3.96. The van der Waals surface area contributed by atoms with Gasteiger partial charge in [-0.3, -0.25) is 9.59 Å². The predicted octanol–water partition coefficient (Wildman–Crippen LogP) is 1.31. The number of methoxy groups -OCH3 is 3. The smallest absolute Gasteiger partial charge is 0.396 e. The van der Waals surface area contributed by atoms with Crippen molar-refractivity contribution in [2.75, 3.05) is 26.6 Å². The summed E-state index contributed by atoms with van der Waals surface area (Å²) in [6.45, 7) is 0. The van der Waals surface area contributed by atoms with Gasteiger partial charge < -0.3 is 24.3 Å². The van der Waals surface area contributed by atoms with Crippen LogP contribution < -0.4 is 14.8 Å². The second-order valence-electron chi connectivity index (χ2n) is 5.79. The molecule has 9 heteroatoms. The summed E-state index contributed by atoms with van der Waals surface area (Å²) in [5.74, 6) is -1.60. The molecule has 0 radical (unpaired) electrons. The highest BCUT2D eigenvalue weighted by Crippen LogP contribution is 2.32. The average Bonchev–Trinajstić information content (AvgIpc) is 2.68. The minimum absolute atomic E-state index is 0.0900. The van der Waals surface area contributed by atoms with E-state index in [4.69, 9.17) is 14.2 Å². The van der Waals surface area contributed by atoms with E-state index in [1.807, 2.05) is 0 Å². The Morgan fingerprint density at radius 3 is 2.35 bits per heavy atom. The zero-order valence-corrected chi connectivity index (χ0v) is 14.9. The zero-order valence-electron chi connectivity index (χ0n) is 14.9. The molecule has 1 aromatic rings. The SMILES string of the molecule is COC(=O)C(=O)Nc1cnc(OC2CCC(C(=O)OC)CC2)c(OC)c1. The maximum atomic E-state index is 11.6. The Morgan fingerprint density at radius 2 is 1.77 bits per heavy atom. The summed E-state index contributed by atoms with van der Waals surface area (Å²) in [6, 6.07) is 1.50. The molecule has 0 atom stereocenters. The van der Waals surface area contributed by atoms with Gasteiger partial charge in [0, 0.05) is 6.07 Å². The van der Waals surface area contributed by atoms with Crippen LogP contribution in [0, 0.1) is 5.92 Å². The third-order valence-corrected chi connectivity index (χ3v) is 4.15. The van der Waals surface area contributed by atoms with Gasteiger partial charge in [-0.1, -0.05) is 0 Å². The zero-order chi connectivity index (χ0) is 19.1. The van der Waals surface area contributed by atoms with Crippen molar-refractivity contribution in [3.8, 4) is 11.6 Å². The van der Waals surface area contributed by atoms with Crippen LogP contribution in [0.25, 0.3) is 0 Å². The van der Waals surface area contributed by atoms with Gasteiger partial charge in [-0.05, 0) is 25.7 Å². The number of nitrogens with zero attached hydrogens (tertiary/aromatic N) is 1. The molecule has 0 saturated heterocycles. The van der Waals surface area contributed by atoms with E-state index < -0.39 is 11.9 Å². The molecule has 1 aromatic heterocycles. The first-order valence-electron chi connectivity index (χ1n) is 8.16. The van der Waals surface area contributed by atoms with Crippen LogP contribution in [0.1, 0.15) is 25.7 Å². The standard InChI is InChI=1S/C17H22N2O7/c1-23-13-8-11(19-14(20)17(22)25-3)9-18-15(13)26-12-6-4-10(5-7-12)16(21)24-2/h8-10,12H,4-7H2,1-3H3,(H,19,20). The van der Waals surface area contributed by atoms with E-state index in [1.54, 1.807) is 0 Å². The Hall–Kier alpha value is -2.84. The Morgan fingerprint density at radius 1 is 1.08 bits per heavy atom. The van der Waals surface area contributed by atoms with Crippen molar-refractivity contribution in [1.29, 1.82) is 0 Å². The molecule has 1 fully saturated rings. The molecule has 1 heterocycles. The molecular formula is C17H22N2O7. The Kier molecular flexibility index (Phi) is 6.76. The van der Waals surface area contributed by atoms with E-state index in [1.165, 1.54) is 26.5 Å². The van der Waals surface area contributed by atoms with Crippen molar-refractivity contribution in [1.82, 2.24) is 4.98 Å². The molecule has 0 spiro atoms. The van der Waals surface area contributed by atoms with Gasteiger partial charge in [0.25, 0.3) is 5.88 Å². The Labute approximate surface area is 151 Å². The van der Waals surface area contributed by atoms with Crippen LogP contribution in [0.3, 0.4) is 0 Å². The molecule has 1 aliphatic carbocycles. The van der Waals surface area contributed by atoms with Gasteiger partial charge in [-0.15, -0.1) is 0 Å². The molecule has 1 saturated carbocycles. The predicted molar refractivity (Wildman–Crippen MR) is 89.8 cm³/mol. The van der Waals surface area contributed by atoms with E-state index in [0.29, 0.717) is 31.4 Å². The van der Waals surface area contributed by atoms with Gasteiger partial charge in [0.1, 0.15) is 6.10 Å². The summed E-state index contributed by atoms with van der Waals surface area (Å²) in [5, 5.41) is 2.36. The monoisotopic (exact) mass is 366 g/mol. The minimum Gasteiger partial charge on any atom is -0.491 e. The second kappa shape index (κ2) is 9.02. The summed E-state index contributed by atoms with van der Waals surface area (Å²) in [6.07, 6.45) is 4.04. The number of aromatic nitrogens is 1. The molecule has 142 valence electrons. The molecule has 1 aliphatic rings. The van der Waals surface area contributed by atoms with E-state index in [9.17, 15) is 14.4 Å². The van der Waals surface area contributed by atoms with Crippen LogP contribution in [0.2, 0.25) is 0 Å². The molecule has 0 unspecified atom stereocenters. The summed E-state index contributed by atoms with van der Waals surface area (Å²) in [4.78, 5) is 38.4. The quantitative estimate of drug-likeness (QED) is 0.613. The Bertz CT molecular complexity index is 669. The molecule has 0 bridgehead atoms. The van der Waals surface area contributed by atoms with Crippen molar-refractivity contribution in [2.45, 2.75) is 31.8 Å². The number of ether oxygens (including phenoxy) is 4. The fourth-order valence-electron chi connectivity index (χ4n) is 2.75. The number of rotatable bonds is 5. The average molecular weight is 366 g/mol. The summed E-state index contributed by atoms with van der Waals surface area (Å²) >= 11 is 0. The Balaban J connectivity index is 1.99. The normalized spacial score (nSPS) is 19.2. The van der Waals surface area contributed by atoms with Crippen molar-refractivity contribution in [3.63, 3.8) is 0 Å². The minimum atomic E-state index is -1.01. The van der Waals surface area contributed by atoms with Crippen LogP contribution in [-0.2, 0) is 23.9 Å². The van der Waals surface area contributed by atoms with Crippen molar-refractivity contribution >= 4 is 23.5 Å².